The molecule has 0 bridgehead atoms. The van der Waals surface area contributed by atoms with Gasteiger partial charge < -0.3 is 19.9 Å². The number of hydrogen-bond donors (Lipinski definition) is 1. The van der Waals surface area contributed by atoms with Crippen molar-refractivity contribution < 1.29 is 19.1 Å². The van der Waals surface area contributed by atoms with Crippen LogP contribution >= 0.6 is 0 Å². The normalized spacial score (nSPS) is 15.7. The molecule has 176 valence electrons. The van der Waals surface area contributed by atoms with Crippen molar-refractivity contribution in [1.29, 1.82) is 0 Å². The van der Waals surface area contributed by atoms with E-state index in [1.807, 2.05) is 11.9 Å². The number of fused-ring (bicyclic) bond motifs is 1. The SMILES string of the molecule is CCOC(=O)Cc1ccc(NC(=O)N2CCc3c(c(C(=O)N4CCCCC4)nn3C)C2)cc1. The molecule has 0 unspecified atom stereocenters. The number of nitrogens with zero attached hydrogens (tertiary/aromatic N) is 4. The molecule has 0 spiro atoms. The van der Waals surface area contributed by atoms with Gasteiger partial charge in [0.15, 0.2) is 5.69 Å². The van der Waals surface area contributed by atoms with Crippen LogP contribution in [0.2, 0.25) is 0 Å². The molecule has 2 aliphatic rings. The predicted octanol–water partition coefficient (Wildman–Crippen LogP) is 2.74. The third kappa shape index (κ3) is 5.18. The van der Waals surface area contributed by atoms with Crippen LogP contribution in [-0.4, -0.2) is 63.7 Å². The number of anilines is 1. The maximum atomic E-state index is 13.1. The Balaban J connectivity index is 1.41. The fraction of sp³-hybridized carbons (Fsp3) is 0.500. The van der Waals surface area contributed by atoms with Gasteiger partial charge in [-0.1, -0.05) is 12.1 Å². The van der Waals surface area contributed by atoms with E-state index in [9.17, 15) is 14.4 Å². The van der Waals surface area contributed by atoms with Crippen molar-refractivity contribution in [2.45, 2.75) is 45.6 Å². The van der Waals surface area contributed by atoms with E-state index in [0.29, 0.717) is 37.5 Å². The van der Waals surface area contributed by atoms with Crippen molar-refractivity contribution in [1.82, 2.24) is 19.6 Å². The molecule has 1 saturated heterocycles. The van der Waals surface area contributed by atoms with Crippen molar-refractivity contribution in [3.05, 3.63) is 46.8 Å². The predicted molar refractivity (Wildman–Crippen MR) is 123 cm³/mol. The first-order chi connectivity index (χ1) is 16.0. The minimum atomic E-state index is -0.273. The molecular weight excluding hydrogens is 422 g/mol. The molecule has 3 amide bonds. The summed E-state index contributed by atoms with van der Waals surface area (Å²) in [5.74, 6) is -0.309. The van der Waals surface area contributed by atoms with Gasteiger partial charge in [0.25, 0.3) is 5.91 Å². The zero-order valence-electron chi connectivity index (χ0n) is 19.3. The van der Waals surface area contributed by atoms with Crippen LogP contribution in [0.25, 0.3) is 0 Å². The lowest BCUT2D eigenvalue weighted by molar-refractivity contribution is -0.142. The third-order valence-corrected chi connectivity index (χ3v) is 6.23. The molecule has 0 radical (unpaired) electrons. The van der Waals surface area contributed by atoms with Gasteiger partial charge in [-0.25, -0.2) is 4.79 Å². The number of ether oxygens (including phenoxy) is 1. The highest BCUT2D eigenvalue weighted by Crippen LogP contribution is 2.25. The fourth-order valence-corrected chi connectivity index (χ4v) is 4.47. The van der Waals surface area contributed by atoms with Crippen molar-refractivity contribution >= 4 is 23.6 Å². The lowest BCUT2D eigenvalue weighted by atomic mass is 10.0. The van der Waals surface area contributed by atoms with Gasteiger partial charge in [0, 0.05) is 50.0 Å². The average molecular weight is 454 g/mol. The lowest BCUT2D eigenvalue weighted by Crippen LogP contribution is -2.40. The summed E-state index contributed by atoms with van der Waals surface area (Å²) in [6.07, 6.45) is 4.05. The molecule has 9 heteroatoms. The van der Waals surface area contributed by atoms with Crippen molar-refractivity contribution in [2.75, 3.05) is 31.6 Å². The van der Waals surface area contributed by atoms with Crippen LogP contribution in [0.3, 0.4) is 0 Å². The van der Waals surface area contributed by atoms with Crippen LogP contribution in [0, 0.1) is 0 Å². The Labute approximate surface area is 193 Å². The summed E-state index contributed by atoms with van der Waals surface area (Å²) in [7, 11) is 1.86. The summed E-state index contributed by atoms with van der Waals surface area (Å²) in [6, 6.07) is 6.93. The van der Waals surface area contributed by atoms with E-state index >= 15 is 0 Å². The number of benzene rings is 1. The van der Waals surface area contributed by atoms with Crippen molar-refractivity contribution in [2.24, 2.45) is 7.05 Å². The molecule has 0 atom stereocenters. The Kier molecular flexibility index (Phi) is 6.96. The second-order valence-electron chi connectivity index (χ2n) is 8.53. The van der Waals surface area contributed by atoms with Gasteiger partial charge in [-0.05, 0) is 43.9 Å². The summed E-state index contributed by atoms with van der Waals surface area (Å²) in [5.41, 5.74) is 3.80. The molecule has 1 aromatic carbocycles. The number of esters is 1. The molecule has 2 aromatic rings. The summed E-state index contributed by atoms with van der Waals surface area (Å²) < 4.78 is 6.75. The average Bonchev–Trinajstić information content (AvgIpc) is 3.16. The topological polar surface area (TPSA) is 96.8 Å². The van der Waals surface area contributed by atoms with Gasteiger partial charge in [0.2, 0.25) is 0 Å². The molecule has 2 aliphatic heterocycles. The standard InChI is InChI=1S/C24H31N5O4/c1-3-33-21(30)15-17-7-9-18(10-8-17)25-24(32)29-14-11-20-19(16-29)22(26-27(20)2)23(31)28-12-5-4-6-13-28/h7-10H,3-6,11-16H2,1-2H3,(H,25,32). The Morgan fingerprint density at radius 1 is 1.03 bits per heavy atom. The fourth-order valence-electron chi connectivity index (χ4n) is 4.47. The van der Waals surface area contributed by atoms with Crippen LogP contribution < -0.4 is 5.32 Å². The molecule has 0 saturated carbocycles. The number of amides is 3. The van der Waals surface area contributed by atoms with Gasteiger partial charge in [-0.15, -0.1) is 0 Å². The number of aromatic nitrogens is 2. The molecule has 33 heavy (non-hydrogen) atoms. The number of likely N-dealkylation sites (tertiary alicyclic amines) is 1. The van der Waals surface area contributed by atoms with Crippen molar-refractivity contribution in [3.63, 3.8) is 0 Å². The first kappa shape index (κ1) is 22.8. The summed E-state index contributed by atoms with van der Waals surface area (Å²) in [6.45, 7) is 4.56. The van der Waals surface area contributed by atoms with Gasteiger partial charge in [-0.3, -0.25) is 14.3 Å². The molecule has 9 nitrogen and oxygen atoms in total. The van der Waals surface area contributed by atoms with Gasteiger partial charge in [-0.2, -0.15) is 5.10 Å². The van der Waals surface area contributed by atoms with E-state index in [0.717, 1.165) is 49.2 Å². The van der Waals surface area contributed by atoms with Crippen LogP contribution in [0.5, 0.6) is 0 Å². The van der Waals surface area contributed by atoms with E-state index in [1.165, 1.54) is 0 Å². The minimum Gasteiger partial charge on any atom is -0.466 e. The zero-order chi connectivity index (χ0) is 23.4. The first-order valence-corrected chi connectivity index (χ1v) is 11.6. The Morgan fingerprint density at radius 3 is 2.45 bits per heavy atom. The van der Waals surface area contributed by atoms with Gasteiger partial charge in [0.1, 0.15) is 0 Å². The van der Waals surface area contributed by atoms with E-state index in [4.69, 9.17) is 4.74 Å². The van der Waals surface area contributed by atoms with E-state index in [2.05, 4.69) is 10.4 Å². The third-order valence-electron chi connectivity index (χ3n) is 6.23. The highest BCUT2D eigenvalue weighted by molar-refractivity contribution is 5.95. The Hall–Kier alpha value is -3.36. The Bertz CT molecular complexity index is 1020. The number of aryl methyl sites for hydroxylation is 1. The maximum Gasteiger partial charge on any atom is 0.322 e. The van der Waals surface area contributed by atoms with Crippen LogP contribution in [0.1, 0.15) is 53.5 Å². The van der Waals surface area contributed by atoms with Crippen LogP contribution in [-0.2, 0) is 36.0 Å². The Morgan fingerprint density at radius 2 is 1.76 bits per heavy atom. The number of carbonyl (C=O) groups is 3. The molecule has 1 N–H and O–H groups in total. The van der Waals surface area contributed by atoms with E-state index in [1.54, 1.807) is 40.8 Å². The molecule has 1 fully saturated rings. The zero-order valence-corrected chi connectivity index (χ0v) is 19.3. The highest BCUT2D eigenvalue weighted by atomic mass is 16.5. The van der Waals surface area contributed by atoms with Gasteiger partial charge >= 0.3 is 12.0 Å². The molecular formula is C24H31N5O4. The highest BCUT2D eigenvalue weighted by Gasteiger charge is 2.31. The molecule has 0 aliphatic carbocycles. The lowest BCUT2D eigenvalue weighted by Gasteiger charge is -2.29. The summed E-state index contributed by atoms with van der Waals surface area (Å²) in [4.78, 5) is 41.3. The second-order valence-corrected chi connectivity index (χ2v) is 8.53. The van der Waals surface area contributed by atoms with Crippen LogP contribution in [0.4, 0.5) is 10.5 Å². The second kappa shape index (κ2) is 10.1. The largest absolute Gasteiger partial charge is 0.466 e. The number of nitrogens with one attached hydrogen (secondary N) is 1. The van der Waals surface area contributed by atoms with Crippen molar-refractivity contribution in [3.8, 4) is 0 Å². The van der Waals surface area contributed by atoms with Gasteiger partial charge in [0.05, 0.1) is 19.6 Å². The number of hydrogen-bond acceptors (Lipinski definition) is 5. The van der Waals surface area contributed by atoms with E-state index < -0.39 is 0 Å². The van der Waals surface area contributed by atoms with E-state index in [-0.39, 0.29) is 24.3 Å². The minimum absolute atomic E-state index is 0.0361. The quantitative estimate of drug-likeness (QED) is 0.702. The number of rotatable bonds is 5. The summed E-state index contributed by atoms with van der Waals surface area (Å²) >= 11 is 0. The summed E-state index contributed by atoms with van der Waals surface area (Å²) in [5, 5.41) is 7.44. The molecule has 4 rings (SSSR count). The number of urea groups is 1. The molecule has 1 aromatic heterocycles. The smallest absolute Gasteiger partial charge is 0.322 e. The van der Waals surface area contributed by atoms with Crippen LogP contribution in [0.15, 0.2) is 24.3 Å². The monoisotopic (exact) mass is 453 g/mol. The molecule has 3 heterocycles. The maximum absolute atomic E-state index is 13.1. The number of carbonyl (C=O) groups excluding carboxylic acids is 3. The number of piperidine rings is 1. The first-order valence-electron chi connectivity index (χ1n) is 11.6.